The van der Waals surface area contributed by atoms with E-state index in [1.807, 2.05) is 36.4 Å². The third-order valence-electron chi connectivity index (χ3n) is 8.37. The Morgan fingerprint density at radius 2 is 0.935 bits per heavy atom. The molecule has 0 radical (unpaired) electrons. The highest BCUT2D eigenvalue weighted by Gasteiger charge is 2.15. The van der Waals surface area contributed by atoms with Gasteiger partial charge in [0, 0.05) is 37.0 Å². The van der Waals surface area contributed by atoms with Gasteiger partial charge in [0.2, 0.25) is 0 Å². The topological polar surface area (TPSA) is 51.8 Å². The van der Waals surface area contributed by atoms with Gasteiger partial charge in [0.1, 0.15) is 11.2 Å². The molecule has 3 heterocycles. The predicted molar refractivity (Wildman–Crippen MR) is 190 cm³/mol. The van der Waals surface area contributed by atoms with Crippen molar-refractivity contribution in [3.05, 3.63) is 152 Å². The van der Waals surface area contributed by atoms with Crippen LogP contribution in [0.5, 0.6) is 0 Å². The Labute approximate surface area is 269 Å². The molecule has 0 fully saturated rings. The zero-order valence-electron chi connectivity index (χ0n) is 24.6. The minimum Gasteiger partial charge on any atom is -0.456 e. The van der Waals surface area contributed by atoms with Crippen LogP contribution in [-0.4, -0.2) is 15.0 Å². The van der Waals surface area contributed by atoms with Gasteiger partial charge in [0.15, 0.2) is 17.5 Å². The number of furan rings is 1. The van der Waals surface area contributed by atoms with Gasteiger partial charge in [-0.25, -0.2) is 15.0 Å². The summed E-state index contributed by atoms with van der Waals surface area (Å²) in [6, 6.07) is 52.3. The molecule has 0 aliphatic carbocycles. The number of benzene rings is 6. The molecule has 0 aliphatic heterocycles. The highest BCUT2D eigenvalue weighted by atomic mass is 32.1. The molecule has 46 heavy (non-hydrogen) atoms. The predicted octanol–water partition coefficient (Wildman–Crippen LogP) is 11.3. The van der Waals surface area contributed by atoms with Crippen molar-refractivity contribution < 1.29 is 4.42 Å². The SMILES string of the molecule is c1ccc(-c2ccc(-c3nc(-c4ccc(-c5cc6ccccc6s5)cc4)nc(-c4ccc5oc6ccccc6c5c4)n3)cc2)cc1. The summed E-state index contributed by atoms with van der Waals surface area (Å²) in [7, 11) is 0. The van der Waals surface area contributed by atoms with Crippen molar-refractivity contribution in [2.24, 2.45) is 0 Å². The van der Waals surface area contributed by atoms with Gasteiger partial charge in [0.25, 0.3) is 0 Å². The minimum atomic E-state index is 0.618. The lowest BCUT2D eigenvalue weighted by atomic mass is 10.0. The lowest BCUT2D eigenvalue weighted by Gasteiger charge is -2.10. The van der Waals surface area contributed by atoms with Gasteiger partial charge in [-0.05, 0) is 58.5 Å². The van der Waals surface area contributed by atoms with Crippen LogP contribution in [0.4, 0.5) is 0 Å². The van der Waals surface area contributed by atoms with Gasteiger partial charge in [-0.1, -0.05) is 115 Å². The van der Waals surface area contributed by atoms with E-state index in [0.717, 1.165) is 44.2 Å². The normalized spacial score (nSPS) is 11.5. The standard InChI is InChI=1S/C41H25N3OS/c1-2-8-26(9-3-1)27-14-18-29(19-15-27)39-42-40(30-20-16-28(17-21-30)38-25-31-10-4-7-13-37(31)46-38)44-41(43-39)32-22-23-36-34(24-32)33-11-5-6-12-35(33)45-36/h1-25H. The molecule has 0 saturated heterocycles. The van der Waals surface area contributed by atoms with Crippen molar-refractivity contribution in [1.82, 2.24) is 15.0 Å². The van der Waals surface area contributed by atoms with E-state index in [4.69, 9.17) is 19.4 Å². The summed E-state index contributed by atoms with van der Waals surface area (Å²) in [5, 5.41) is 3.37. The number of rotatable bonds is 5. The molecule has 0 atom stereocenters. The third kappa shape index (κ3) is 4.74. The average molecular weight is 608 g/mol. The lowest BCUT2D eigenvalue weighted by Crippen LogP contribution is -2.00. The molecule has 9 aromatic rings. The highest BCUT2D eigenvalue weighted by molar-refractivity contribution is 7.22. The van der Waals surface area contributed by atoms with Crippen molar-refractivity contribution in [2.75, 3.05) is 0 Å². The number of nitrogens with zero attached hydrogens (tertiary/aromatic N) is 3. The fourth-order valence-electron chi connectivity index (χ4n) is 5.98. The van der Waals surface area contributed by atoms with Gasteiger partial charge < -0.3 is 4.42 Å². The molecule has 6 aromatic carbocycles. The smallest absolute Gasteiger partial charge is 0.164 e. The van der Waals surface area contributed by atoms with E-state index in [-0.39, 0.29) is 0 Å². The summed E-state index contributed by atoms with van der Waals surface area (Å²) in [5.41, 5.74) is 7.97. The van der Waals surface area contributed by atoms with Gasteiger partial charge in [0.05, 0.1) is 0 Å². The van der Waals surface area contributed by atoms with Crippen LogP contribution in [0.15, 0.2) is 156 Å². The Bertz CT molecular complexity index is 2480. The molecule has 0 bridgehead atoms. The fraction of sp³-hybridized carbons (Fsp3) is 0. The van der Waals surface area contributed by atoms with E-state index < -0.39 is 0 Å². The molecule has 0 saturated carbocycles. The molecule has 4 nitrogen and oxygen atoms in total. The van der Waals surface area contributed by atoms with Crippen molar-refractivity contribution in [3.63, 3.8) is 0 Å². The number of fused-ring (bicyclic) bond motifs is 4. The monoisotopic (exact) mass is 607 g/mol. The zero-order valence-corrected chi connectivity index (χ0v) is 25.4. The highest BCUT2D eigenvalue weighted by Crippen LogP contribution is 2.36. The maximum absolute atomic E-state index is 6.09. The number of hydrogen-bond acceptors (Lipinski definition) is 5. The van der Waals surface area contributed by atoms with Gasteiger partial charge >= 0.3 is 0 Å². The van der Waals surface area contributed by atoms with Crippen LogP contribution >= 0.6 is 11.3 Å². The fourth-order valence-corrected chi connectivity index (χ4v) is 7.05. The van der Waals surface area contributed by atoms with Crippen molar-refractivity contribution >= 4 is 43.4 Å². The molecule has 0 N–H and O–H groups in total. The number of aromatic nitrogens is 3. The van der Waals surface area contributed by atoms with Crippen LogP contribution in [0, 0.1) is 0 Å². The van der Waals surface area contributed by atoms with E-state index in [0.29, 0.717) is 17.5 Å². The van der Waals surface area contributed by atoms with Crippen LogP contribution in [0.25, 0.3) is 87.8 Å². The molecular formula is C41H25N3OS. The number of thiophene rings is 1. The van der Waals surface area contributed by atoms with Gasteiger partial charge in [-0.15, -0.1) is 11.3 Å². The van der Waals surface area contributed by atoms with Crippen LogP contribution < -0.4 is 0 Å². The second-order valence-electron chi connectivity index (χ2n) is 11.3. The molecule has 216 valence electrons. The van der Waals surface area contributed by atoms with E-state index in [1.54, 1.807) is 11.3 Å². The Morgan fingerprint density at radius 1 is 0.391 bits per heavy atom. The van der Waals surface area contributed by atoms with Crippen LogP contribution in [0.3, 0.4) is 0 Å². The summed E-state index contributed by atoms with van der Waals surface area (Å²) in [4.78, 5) is 16.3. The maximum Gasteiger partial charge on any atom is 0.164 e. The summed E-state index contributed by atoms with van der Waals surface area (Å²) in [6.45, 7) is 0. The summed E-state index contributed by atoms with van der Waals surface area (Å²) >= 11 is 1.80. The van der Waals surface area contributed by atoms with E-state index in [1.165, 1.54) is 26.1 Å². The van der Waals surface area contributed by atoms with Crippen molar-refractivity contribution in [3.8, 4) is 55.7 Å². The molecule has 0 aliphatic rings. The minimum absolute atomic E-state index is 0.618. The average Bonchev–Trinajstić information content (AvgIpc) is 3.74. The Hall–Kier alpha value is -5.91. The number of hydrogen-bond donors (Lipinski definition) is 0. The van der Waals surface area contributed by atoms with Crippen LogP contribution in [0.1, 0.15) is 0 Å². The number of para-hydroxylation sites is 1. The first-order valence-corrected chi connectivity index (χ1v) is 16.0. The van der Waals surface area contributed by atoms with Crippen LogP contribution in [-0.2, 0) is 0 Å². The summed E-state index contributed by atoms with van der Waals surface area (Å²) < 4.78 is 7.38. The van der Waals surface area contributed by atoms with E-state index in [9.17, 15) is 0 Å². The van der Waals surface area contributed by atoms with Gasteiger partial charge in [-0.3, -0.25) is 0 Å². The molecule has 9 rings (SSSR count). The molecule has 5 heteroatoms. The third-order valence-corrected chi connectivity index (χ3v) is 9.54. The van der Waals surface area contributed by atoms with E-state index >= 15 is 0 Å². The Kier molecular flexibility index (Phi) is 6.28. The first-order valence-electron chi connectivity index (χ1n) is 15.2. The molecular weight excluding hydrogens is 583 g/mol. The Morgan fingerprint density at radius 3 is 1.67 bits per heavy atom. The first-order chi connectivity index (χ1) is 22.7. The maximum atomic E-state index is 6.09. The molecule has 0 amide bonds. The molecule has 3 aromatic heterocycles. The first kappa shape index (κ1) is 26.5. The summed E-state index contributed by atoms with van der Waals surface area (Å²) in [6.07, 6.45) is 0. The zero-order chi connectivity index (χ0) is 30.5. The molecule has 0 spiro atoms. The second kappa shape index (κ2) is 10.9. The lowest BCUT2D eigenvalue weighted by molar-refractivity contribution is 0.669. The van der Waals surface area contributed by atoms with Crippen molar-refractivity contribution in [2.45, 2.75) is 0 Å². The largest absolute Gasteiger partial charge is 0.456 e. The molecule has 0 unspecified atom stereocenters. The Balaban J connectivity index is 1.15. The summed E-state index contributed by atoms with van der Waals surface area (Å²) in [5.74, 6) is 1.88. The van der Waals surface area contributed by atoms with Crippen LogP contribution in [0.2, 0.25) is 0 Å². The van der Waals surface area contributed by atoms with E-state index in [2.05, 4.69) is 115 Å². The van der Waals surface area contributed by atoms with Crippen molar-refractivity contribution in [1.29, 1.82) is 0 Å². The second-order valence-corrected chi connectivity index (χ2v) is 12.4. The quantitative estimate of drug-likeness (QED) is 0.195. The van der Waals surface area contributed by atoms with Gasteiger partial charge in [-0.2, -0.15) is 0 Å².